The van der Waals surface area contributed by atoms with Crippen LogP contribution < -0.4 is 0 Å². The molecule has 0 saturated carbocycles. The van der Waals surface area contributed by atoms with Gasteiger partial charge in [-0.05, 0) is 12.6 Å². The summed E-state index contributed by atoms with van der Waals surface area (Å²) in [5, 5.41) is -6.77. The molecule has 1 atom stereocenters. The van der Waals surface area contributed by atoms with E-state index in [4.69, 9.17) is 0 Å². The van der Waals surface area contributed by atoms with Crippen LogP contribution in [-0.4, -0.2) is 37.9 Å². The van der Waals surface area contributed by atoms with Crippen LogP contribution in [0, 0.1) is 0 Å². The van der Waals surface area contributed by atoms with E-state index in [0.717, 1.165) is 0 Å². The summed E-state index contributed by atoms with van der Waals surface area (Å²) in [6, 6.07) is 0. The van der Waals surface area contributed by atoms with E-state index in [2.05, 4.69) is 3.97 Å². The predicted molar refractivity (Wildman–Crippen MR) is 59.0 cm³/mol. The molecule has 0 fully saturated rings. The highest BCUT2D eigenvalue weighted by Crippen LogP contribution is 2.55. The maximum absolute atomic E-state index is 13.1. The molecule has 0 aliphatic carbocycles. The lowest BCUT2D eigenvalue weighted by Gasteiger charge is -2.32. The van der Waals surface area contributed by atoms with Crippen LogP contribution in [0.3, 0.4) is 0 Å². The van der Waals surface area contributed by atoms with Gasteiger partial charge >= 0.3 is 33.4 Å². The van der Waals surface area contributed by atoms with E-state index in [9.17, 15) is 47.9 Å². The summed E-state index contributed by atoms with van der Waals surface area (Å²) < 4.78 is 138. The van der Waals surface area contributed by atoms with Crippen molar-refractivity contribution >= 4 is 18.9 Å². The van der Waals surface area contributed by atoms with E-state index in [1.165, 1.54) is 0 Å². The second-order valence-electron chi connectivity index (χ2n) is 3.95. The average molecular weight is 388 g/mol. The molecule has 3 nitrogen and oxygen atoms in total. The van der Waals surface area contributed by atoms with Crippen LogP contribution in [0.4, 0.5) is 39.5 Å². The lowest BCUT2D eigenvalue weighted by Crippen LogP contribution is -2.63. The van der Waals surface area contributed by atoms with Crippen molar-refractivity contribution in [2.75, 3.05) is 6.16 Å². The summed E-state index contributed by atoms with van der Waals surface area (Å²) >= 11 is 0. The van der Waals surface area contributed by atoms with Crippen molar-refractivity contribution in [1.82, 2.24) is 0 Å². The summed E-state index contributed by atoms with van der Waals surface area (Å²) in [5.74, 6) is -14.5. The Hall–Kier alpha value is -0.290. The van der Waals surface area contributed by atoms with Crippen LogP contribution in [0.5, 0.6) is 0 Å². The third kappa shape index (κ3) is 3.78. The molecule has 134 valence electrons. The summed E-state index contributed by atoms with van der Waals surface area (Å²) in [4.78, 5) is 0. The second kappa shape index (κ2) is 6.68. The molecule has 0 aromatic carbocycles. The molecule has 0 aromatic rings. The van der Waals surface area contributed by atoms with E-state index >= 15 is 0 Å². The monoisotopic (exact) mass is 388 g/mol. The topological polar surface area (TPSA) is 43.4 Å². The normalized spacial score (nSPS) is 15.7. The van der Waals surface area contributed by atoms with E-state index < -0.39 is 42.2 Å². The average Bonchev–Trinajstić information content (AvgIpc) is 2.32. The first-order valence-electron chi connectivity index (χ1n) is 5.42. The molecular formula is C8H10F9O3PS. The fourth-order valence-electron chi connectivity index (χ4n) is 0.938. The Bertz CT molecular complexity index is 474. The van der Waals surface area contributed by atoms with Crippen LogP contribution in [0.2, 0.25) is 0 Å². The Kier molecular flexibility index (Phi) is 6.59. The number of hydrogen-bond donors (Lipinski definition) is 0. The number of alkyl halides is 9. The molecule has 0 bridgehead atoms. The minimum absolute atomic E-state index is 0.174. The molecule has 0 aliphatic rings. The van der Waals surface area contributed by atoms with Crippen molar-refractivity contribution in [3.05, 3.63) is 0 Å². The minimum atomic E-state index is -7.27. The van der Waals surface area contributed by atoms with Crippen molar-refractivity contribution in [2.45, 2.75) is 43.0 Å². The zero-order chi connectivity index (χ0) is 18.0. The maximum atomic E-state index is 13.1. The molecule has 1 unspecified atom stereocenters. The highest BCUT2D eigenvalue weighted by atomic mass is 32.2. The van der Waals surface area contributed by atoms with Gasteiger partial charge in [0.05, 0.1) is 0 Å². The van der Waals surface area contributed by atoms with Crippen LogP contribution in [-0.2, 0) is 14.1 Å². The van der Waals surface area contributed by atoms with Crippen molar-refractivity contribution in [3.63, 3.8) is 0 Å². The van der Waals surface area contributed by atoms with Gasteiger partial charge < -0.3 is 0 Å². The molecule has 22 heavy (non-hydrogen) atoms. The maximum Gasteiger partial charge on any atom is 0.460 e. The molecule has 0 rings (SSSR count). The van der Waals surface area contributed by atoms with Crippen molar-refractivity contribution in [1.29, 1.82) is 0 Å². The molecular weight excluding hydrogens is 378 g/mol. The third-order valence-electron chi connectivity index (χ3n) is 2.23. The lowest BCUT2D eigenvalue weighted by atomic mass is 10.1. The van der Waals surface area contributed by atoms with Crippen molar-refractivity contribution in [2.24, 2.45) is 0 Å². The summed E-state index contributed by atoms with van der Waals surface area (Å²) in [6.07, 6.45) is -6.56. The van der Waals surface area contributed by atoms with Gasteiger partial charge in [0.1, 0.15) is 0 Å². The standard InChI is InChI=1S/C8H10F9O3PS/c1-2-3-4-21-20-22(18,19)8(16,17)6(11,12)5(9,10)7(13,14)15/h21H,2-4H2,1H3. The first-order valence-corrected chi connectivity index (χ1v) is 7.94. The third-order valence-corrected chi connectivity index (χ3v) is 5.02. The molecule has 0 saturated heterocycles. The van der Waals surface area contributed by atoms with E-state index in [0.29, 0.717) is 6.42 Å². The Morgan fingerprint density at radius 1 is 0.909 bits per heavy atom. The molecule has 0 aliphatic heterocycles. The van der Waals surface area contributed by atoms with Gasteiger partial charge in [-0.25, -0.2) is 3.97 Å². The summed E-state index contributed by atoms with van der Waals surface area (Å²) in [7, 11) is -8.01. The zero-order valence-corrected chi connectivity index (χ0v) is 12.5. The number of rotatable bonds is 8. The molecule has 0 radical (unpaired) electrons. The number of hydrogen-bond acceptors (Lipinski definition) is 3. The molecule has 0 N–H and O–H groups in total. The molecule has 0 amide bonds. The van der Waals surface area contributed by atoms with Crippen LogP contribution >= 0.6 is 8.81 Å². The molecule has 0 heterocycles. The van der Waals surface area contributed by atoms with Gasteiger partial charge in [-0.2, -0.15) is 47.9 Å². The predicted octanol–water partition coefficient (Wildman–Crippen LogP) is 4.15. The van der Waals surface area contributed by atoms with Gasteiger partial charge in [-0.15, -0.1) is 0 Å². The quantitative estimate of drug-likeness (QED) is 0.357. The fraction of sp³-hybridized carbons (Fsp3) is 1.00. The second-order valence-corrected chi connectivity index (χ2v) is 6.82. The minimum Gasteiger partial charge on any atom is -0.246 e. The number of unbranched alkanes of at least 4 members (excludes halogenated alkanes) is 1. The fourth-order valence-corrected chi connectivity index (χ4v) is 3.25. The van der Waals surface area contributed by atoms with E-state index in [1.54, 1.807) is 6.92 Å². The van der Waals surface area contributed by atoms with Crippen LogP contribution in [0.25, 0.3) is 0 Å². The number of halogens is 9. The Labute approximate surface area is 121 Å². The SMILES string of the molecule is CCCCPOS(=O)(=O)C(F)(F)C(F)(F)C(F)(F)C(F)(F)F. The van der Waals surface area contributed by atoms with E-state index in [-0.39, 0.29) is 12.6 Å². The van der Waals surface area contributed by atoms with Crippen molar-refractivity contribution < 1.29 is 51.9 Å². The Morgan fingerprint density at radius 3 is 1.73 bits per heavy atom. The smallest absolute Gasteiger partial charge is 0.246 e. The highest BCUT2D eigenvalue weighted by molar-refractivity contribution is 7.90. The van der Waals surface area contributed by atoms with Gasteiger partial charge in [0, 0.05) is 8.81 Å². The Balaban J connectivity index is 5.52. The van der Waals surface area contributed by atoms with Crippen molar-refractivity contribution in [3.8, 4) is 0 Å². The van der Waals surface area contributed by atoms with Crippen LogP contribution in [0.15, 0.2) is 0 Å². The van der Waals surface area contributed by atoms with Gasteiger partial charge in [0.2, 0.25) is 0 Å². The summed E-state index contributed by atoms with van der Waals surface area (Å²) in [5.41, 5.74) is 0. The Morgan fingerprint density at radius 2 is 1.36 bits per heavy atom. The zero-order valence-electron chi connectivity index (χ0n) is 10.7. The molecule has 0 aromatic heterocycles. The van der Waals surface area contributed by atoms with Crippen LogP contribution in [0.1, 0.15) is 19.8 Å². The molecule has 14 heteroatoms. The van der Waals surface area contributed by atoms with Gasteiger partial charge in [0.25, 0.3) is 0 Å². The largest absolute Gasteiger partial charge is 0.460 e. The van der Waals surface area contributed by atoms with Gasteiger partial charge in [-0.1, -0.05) is 13.3 Å². The molecule has 0 spiro atoms. The first-order chi connectivity index (χ1) is 9.56. The lowest BCUT2D eigenvalue weighted by molar-refractivity contribution is -0.382. The van der Waals surface area contributed by atoms with E-state index in [1.807, 2.05) is 0 Å². The van der Waals surface area contributed by atoms with Gasteiger partial charge in [-0.3, -0.25) is 0 Å². The highest BCUT2D eigenvalue weighted by Gasteiger charge is 2.85. The van der Waals surface area contributed by atoms with Gasteiger partial charge in [0.15, 0.2) is 0 Å². The summed E-state index contributed by atoms with van der Waals surface area (Å²) in [6.45, 7) is 1.60. The first kappa shape index (κ1) is 21.7.